The van der Waals surface area contributed by atoms with E-state index in [1.807, 2.05) is 42.5 Å². The minimum absolute atomic E-state index is 0.00142. The molecule has 0 spiro atoms. The molecule has 1 saturated carbocycles. The predicted molar refractivity (Wildman–Crippen MR) is 125 cm³/mol. The number of thioether (sulfide) groups is 1. The number of amides is 2. The Hall–Kier alpha value is -2.91. The van der Waals surface area contributed by atoms with Crippen molar-refractivity contribution >= 4 is 51.4 Å². The number of nitrogens with one attached hydrogen (secondary N) is 3. The third kappa shape index (κ3) is 6.28. The normalized spacial score (nSPS) is 14.0. The Morgan fingerprint density at radius 2 is 1.87 bits per heavy atom. The molecule has 0 radical (unpaired) electrons. The summed E-state index contributed by atoms with van der Waals surface area (Å²) in [5.41, 5.74) is 2.66. The summed E-state index contributed by atoms with van der Waals surface area (Å²) >= 11 is 2.76. The van der Waals surface area contributed by atoms with Crippen LogP contribution in [0.1, 0.15) is 31.4 Å². The Balaban J connectivity index is 1.30. The van der Waals surface area contributed by atoms with Gasteiger partial charge in [-0.05, 0) is 42.5 Å². The summed E-state index contributed by atoms with van der Waals surface area (Å²) in [6, 6.07) is 17.6. The molecule has 1 atom stereocenters. The van der Waals surface area contributed by atoms with Crippen molar-refractivity contribution in [2.45, 2.75) is 30.1 Å². The van der Waals surface area contributed by atoms with Crippen molar-refractivity contribution in [3.05, 3.63) is 60.2 Å². The van der Waals surface area contributed by atoms with Crippen LogP contribution in [0.3, 0.4) is 0 Å². The molecular formula is C22H23N5O2S2. The van der Waals surface area contributed by atoms with Gasteiger partial charge in [0.25, 0.3) is 0 Å². The first-order chi connectivity index (χ1) is 15.1. The quantitative estimate of drug-likeness (QED) is 0.410. The molecule has 31 heavy (non-hydrogen) atoms. The average molecular weight is 454 g/mol. The Morgan fingerprint density at radius 1 is 1.10 bits per heavy atom. The zero-order chi connectivity index (χ0) is 21.6. The van der Waals surface area contributed by atoms with E-state index in [1.165, 1.54) is 30.0 Å². The highest BCUT2D eigenvalue weighted by molar-refractivity contribution is 8.01. The van der Waals surface area contributed by atoms with Gasteiger partial charge >= 0.3 is 0 Å². The van der Waals surface area contributed by atoms with Gasteiger partial charge in [-0.1, -0.05) is 59.5 Å². The van der Waals surface area contributed by atoms with Crippen molar-refractivity contribution in [1.82, 2.24) is 15.5 Å². The molecule has 1 fully saturated rings. The highest BCUT2D eigenvalue weighted by Crippen LogP contribution is 2.41. The second-order valence-electron chi connectivity index (χ2n) is 7.34. The van der Waals surface area contributed by atoms with Gasteiger partial charge in [-0.3, -0.25) is 9.59 Å². The van der Waals surface area contributed by atoms with Crippen LogP contribution in [0.5, 0.6) is 0 Å². The van der Waals surface area contributed by atoms with Gasteiger partial charge in [-0.2, -0.15) is 0 Å². The van der Waals surface area contributed by atoms with Gasteiger partial charge in [0, 0.05) is 18.3 Å². The number of hydrogen-bond acceptors (Lipinski definition) is 7. The summed E-state index contributed by atoms with van der Waals surface area (Å²) in [7, 11) is 0. The molecule has 2 amide bonds. The lowest BCUT2D eigenvalue weighted by atomic mass is 10.0. The molecule has 4 rings (SSSR count). The molecule has 1 aromatic heterocycles. The van der Waals surface area contributed by atoms with E-state index in [9.17, 15) is 9.59 Å². The van der Waals surface area contributed by atoms with Gasteiger partial charge in [0.2, 0.25) is 16.9 Å². The zero-order valence-corrected chi connectivity index (χ0v) is 18.6. The molecule has 160 valence electrons. The van der Waals surface area contributed by atoms with Crippen LogP contribution in [0.15, 0.2) is 58.9 Å². The first-order valence-electron chi connectivity index (χ1n) is 10.0. The lowest BCUT2D eigenvalue weighted by Gasteiger charge is -2.18. The van der Waals surface area contributed by atoms with Crippen LogP contribution >= 0.6 is 23.1 Å². The lowest BCUT2D eigenvalue weighted by Crippen LogP contribution is -2.31. The van der Waals surface area contributed by atoms with Crippen molar-refractivity contribution in [3.8, 4) is 0 Å². The number of anilines is 3. The number of aromatic nitrogens is 2. The number of carbonyl (C=O) groups excluding carboxylic acids is 2. The maximum Gasteiger partial charge on any atom is 0.230 e. The number of carbonyl (C=O) groups is 2. The number of nitrogens with zero attached hydrogens (tertiary/aromatic N) is 2. The molecule has 0 saturated heterocycles. The topological polar surface area (TPSA) is 96.0 Å². The number of rotatable bonds is 9. The third-order valence-corrected chi connectivity index (χ3v) is 6.71. The fraction of sp³-hybridized carbons (Fsp3) is 0.273. The van der Waals surface area contributed by atoms with Gasteiger partial charge < -0.3 is 16.0 Å². The largest absolute Gasteiger partial charge is 0.348 e. The second kappa shape index (κ2) is 9.93. The molecule has 1 unspecified atom stereocenters. The monoisotopic (exact) mass is 453 g/mol. The molecule has 1 aliphatic rings. The summed E-state index contributed by atoms with van der Waals surface area (Å²) in [5.74, 6) is 0.699. The van der Waals surface area contributed by atoms with Crippen molar-refractivity contribution in [2.75, 3.05) is 16.4 Å². The van der Waals surface area contributed by atoms with Gasteiger partial charge in [0.15, 0.2) is 4.34 Å². The molecule has 9 heteroatoms. The average Bonchev–Trinajstić information content (AvgIpc) is 3.50. The fourth-order valence-electron chi connectivity index (χ4n) is 3.23. The van der Waals surface area contributed by atoms with E-state index in [-0.39, 0.29) is 17.9 Å². The summed E-state index contributed by atoms with van der Waals surface area (Å²) in [6.07, 6.45) is 2.31. The first-order valence-corrected chi connectivity index (χ1v) is 11.8. The van der Waals surface area contributed by atoms with Crippen LogP contribution in [0.2, 0.25) is 0 Å². The maximum absolute atomic E-state index is 12.5. The van der Waals surface area contributed by atoms with Crippen molar-refractivity contribution < 1.29 is 9.59 Å². The Morgan fingerprint density at radius 3 is 2.61 bits per heavy atom. The van der Waals surface area contributed by atoms with Crippen LogP contribution in [0, 0.1) is 5.92 Å². The Labute approximate surface area is 189 Å². The van der Waals surface area contributed by atoms with E-state index >= 15 is 0 Å². The van der Waals surface area contributed by atoms with E-state index in [4.69, 9.17) is 0 Å². The van der Waals surface area contributed by atoms with Crippen LogP contribution in [-0.4, -0.2) is 27.8 Å². The lowest BCUT2D eigenvalue weighted by molar-refractivity contribution is -0.119. The molecule has 3 N–H and O–H groups in total. The van der Waals surface area contributed by atoms with Crippen molar-refractivity contribution in [3.63, 3.8) is 0 Å². The molecule has 0 bridgehead atoms. The van der Waals surface area contributed by atoms with Crippen LogP contribution in [0.25, 0.3) is 0 Å². The van der Waals surface area contributed by atoms with E-state index in [0.29, 0.717) is 22.5 Å². The Bertz CT molecular complexity index is 1050. The van der Waals surface area contributed by atoms with E-state index < -0.39 is 0 Å². The minimum atomic E-state index is -0.124. The van der Waals surface area contributed by atoms with Crippen molar-refractivity contribution in [2.24, 2.45) is 5.92 Å². The highest BCUT2D eigenvalue weighted by atomic mass is 32.2. The SMILES string of the molecule is CC(=O)Nc1cccc(Nc2nnc(SCC(=O)NC(c3ccccc3)C3CC3)s2)c1. The van der Waals surface area contributed by atoms with Gasteiger partial charge in [-0.15, -0.1) is 10.2 Å². The van der Waals surface area contributed by atoms with E-state index in [2.05, 4.69) is 38.3 Å². The van der Waals surface area contributed by atoms with Gasteiger partial charge in [0.1, 0.15) is 0 Å². The summed E-state index contributed by atoms with van der Waals surface area (Å²) in [4.78, 5) is 23.7. The molecule has 2 aromatic carbocycles. The summed E-state index contributed by atoms with van der Waals surface area (Å²) in [6.45, 7) is 1.47. The maximum atomic E-state index is 12.5. The minimum Gasteiger partial charge on any atom is -0.348 e. The number of hydrogen-bond donors (Lipinski definition) is 3. The Kier molecular flexibility index (Phi) is 6.83. The van der Waals surface area contributed by atoms with Gasteiger partial charge in [-0.25, -0.2) is 0 Å². The highest BCUT2D eigenvalue weighted by Gasteiger charge is 2.33. The second-order valence-corrected chi connectivity index (χ2v) is 9.54. The predicted octanol–water partition coefficient (Wildman–Crippen LogP) is 4.60. The molecule has 7 nitrogen and oxygen atoms in total. The van der Waals surface area contributed by atoms with Crippen LogP contribution in [-0.2, 0) is 9.59 Å². The molecule has 3 aromatic rings. The van der Waals surface area contributed by atoms with E-state index in [1.54, 1.807) is 0 Å². The molecule has 0 aliphatic heterocycles. The van der Waals surface area contributed by atoms with Crippen molar-refractivity contribution in [1.29, 1.82) is 0 Å². The van der Waals surface area contributed by atoms with E-state index in [0.717, 1.165) is 28.4 Å². The van der Waals surface area contributed by atoms with Crippen LogP contribution < -0.4 is 16.0 Å². The third-order valence-electron chi connectivity index (χ3n) is 4.74. The summed E-state index contributed by atoms with van der Waals surface area (Å²) < 4.78 is 0.721. The smallest absolute Gasteiger partial charge is 0.230 e. The van der Waals surface area contributed by atoms with Gasteiger partial charge in [0.05, 0.1) is 11.8 Å². The molecular weight excluding hydrogens is 430 g/mol. The zero-order valence-electron chi connectivity index (χ0n) is 17.0. The molecule has 1 heterocycles. The number of benzene rings is 2. The first kappa shape index (κ1) is 21.3. The molecule has 1 aliphatic carbocycles. The summed E-state index contributed by atoms with van der Waals surface area (Å²) in [5, 5.41) is 18.0. The van der Waals surface area contributed by atoms with Crippen LogP contribution in [0.4, 0.5) is 16.5 Å². The fourth-order valence-corrected chi connectivity index (χ4v) is 4.81. The standard InChI is InChI=1S/C22H23N5O2S2/c1-14(28)23-17-8-5-9-18(12-17)24-21-26-27-22(31-21)30-13-19(29)25-20(16-10-11-16)15-6-3-2-4-7-15/h2-9,12,16,20H,10-11,13H2,1H3,(H,23,28)(H,24,26)(H,25,29).